The summed E-state index contributed by atoms with van der Waals surface area (Å²) in [5.41, 5.74) is 3.22. The van der Waals surface area contributed by atoms with Crippen LogP contribution in [-0.4, -0.2) is 30.1 Å². The highest BCUT2D eigenvalue weighted by atomic mass is 19.4. The summed E-state index contributed by atoms with van der Waals surface area (Å²) in [4.78, 5) is 0. The van der Waals surface area contributed by atoms with Gasteiger partial charge in [-0.2, -0.15) is 23.5 Å². The average molecular weight is 402 g/mol. The van der Waals surface area contributed by atoms with Crippen molar-refractivity contribution in [3.63, 3.8) is 0 Å². The number of anilines is 1. The van der Waals surface area contributed by atoms with E-state index in [1.807, 2.05) is 30.3 Å². The van der Waals surface area contributed by atoms with Gasteiger partial charge < -0.3 is 14.8 Å². The van der Waals surface area contributed by atoms with Crippen LogP contribution in [0.5, 0.6) is 11.5 Å². The molecule has 0 bridgehead atoms. The van der Waals surface area contributed by atoms with Gasteiger partial charge in [0, 0.05) is 23.4 Å². The van der Waals surface area contributed by atoms with Crippen molar-refractivity contribution in [2.75, 3.05) is 19.0 Å². The molecule has 2 N–H and O–H groups in total. The van der Waals surface area contributed by atoms with E-state index in [4.69, 9.17) is 9.47 Å². The van der Waals surface area contributed by atoms with Crippen LogP contribution in [0.15, 0.2) is 48.7 Å². The molecule has 0 unspecified atom stereocenters. The van der Waals surface area contributed by atoms with Crippen LogP contribution in [0.3, 0.4) is 0 Å². The largest absolute Gasteiger partial charge is 0.497 e. The van der Waals surface area contributed by atoms with Crippen LogP contribution in [0.4, 0.5) is 18.9 Å². The molecule has 3 rings (SSSR count). The fourth-order valence-electron chi connectivity index (χ4n) is 2.66. The van der Waals surface area contributed by atoms with Gasteiger partial charge in [0.2, 0.25) is 0 Å². The lowest BCUT2D eigenvalue weighted by Crippen LogP contribution is -2.19. The zero-order valence-corrected chi connectivity index (χ0v) is 15.4. The number of nitriles is 1. The molecule has 0 atom stereocenters. The molecule has 1 heterocycles. The predicted molar refractivity (Wildman–Crippen MR) is 101 cm³/mol. The highest BCUT2D eigenvalue weighted by molar-refractivity contribution is 5.64. The van der Waals surface area contributed by atoms with Crippen molar-refractivity contribution in [2.24, 2.45) is 0 Å². The molecule has 0 aliphatic carbocycles. The third-order valence-electron chi connectivity index (χ3n) is 4.07. The molecule has 3 aromatic rings. The predicted octanol–water partition coefficient (Wildman–Crippen LogP) is 4.51. The summed E-state index contributed by atoms with van der Waals surface area (Å²) >= 11 is 0. The molecule has 1 aromatic heterocycles. The Hall–Kier alpha value is -3.67. The van der Waals surface area contributed by atoms with Gasteiger partial charge in [-0.05, 0) is 42.5 Å². The third kappa shape index (κ3) is 5.19. The van der Waals surface area contributed by atoms with E-state index in [2.05, 4.69) is 15.5 Å². The molecule has 0 aliphatic heterocycles. The Morgan fingerprint density at radius 3 is 2.59 bits per heavy atom. The summed E-state index contributed by atoms with van der Waals surface area (Å²) in [5, 5.41) is 19.4. The third-order valence-corrected chi connectivity index (χ3v) is 4.07. The Bertz CT molecular complexity index is 1010. The first-order valence-electron chi connectivity index (χ1n) is 8.54. The van der Waals surface area contributed by atoms with Gasteiger partial charge in [-0.15, -0.1) is 0 Å². The van der Waals surface area contributed by atoms with E-state index in [1.165, 1.54) is 12.1 Å². The van der Waals surface area contributed by atoms with Gasteiger partial charge in [-0.25, -0.2) is 0 Å². The van der Waals surface area contributed by atoms with Crippen LogP contribution < -0.4 is 14.8 Å². The van der Waals surface area contributed by atoms with Crippen LogP contribution >= 0.6 is 0 Å². The first kappa shape index (κ1) is 20.1. The normalized spacial score (nSPS) is 11.0. The second-order valence-corrected chi connectivity index (χ2v) is 6.08. The van der Waals surface area contributed by atoms with Crippen LogP contribution in [-0.2, 0) is 6.54 Å². The first-order valence-corrected chi connectivity index (χ1v) is 8.54. The second kappa shape index (κ2) is 8.56. The summed E-state index contributed by atoms with van der Waals surface area (Å²) in [6.07, 6.45) is -2.79. The maximum Gasteiger partial charge on any atom is 0.422 e. The molecule has 0 aliphatic rings. The molecule has 0 radical (unpaired) electrons. The van der Waals surface area contributed by atoms with Crippen LogP contribution in [0.2, 0.25) is 0 Å². The highest BCUT2D eigenvalue weighted by Gasteiger charge is 2.28. The van der Waals surface area contributed by atoms with Gasteiger partial charge in [0.05, 0.1) is 24.6 Å². The Morgan fingerprint density at radius 2 is 1.93 bits per heavy atom. The van der Waals surface area contributed by atoms with Gasteiger partial charge in [0.25, 0.3) is 0 Å². The Labute approximate surface area is 164 Å². The summed E-state index contributed by atoms with van der Waals surface area (Å²) in [6.45, 7) is -1.06. The van der Waals surface area contributed by atoms with E-state index >= 15 is 0 Å². The van der Waals surface area contributed by atoms with E-state index in [1.54, 1.807) is 19.4 Å². The molecule has 0 spiro atoms. The quantitative estimate of drug-likeness (QED) is 0.608. The number of hydrogen-bond acceptors (Lipinski definition) is 5. The number of aromatic nitrogens is 2. The van der Waals surface area contributed by atoms with E-state index in [9.17, 15) is 18.4 Å². The molecule has 9 heteroatoms. The monoisotopic (exact) mass is 402 g/mol. The smallest absolute Gasteiger partial charge is 0.422 e. The van der Waals surface area contributed by atoms with Gasteiger partial charge in [-0.3, -0.25) is 5.10 Å². The number of hydrogen-bond donors (Lipinski definition) is 2. The summed E-state index contributed by atoms with van der Waals surface area (Å²) in [7, 11) is 1.59. The topological polar surface area (TPSA) is 83.0 Å². The van der Waals surface area contributed by atoms with Crippen molar-refractivity contribution in [3.8, 4) is 28.8 Å². The van der Waals surface area contributed by atoms with Crippen LogP contribution in [0, 0.1) is 11.3 Å². The first-order chi connectivity index (χ1) is 13.9. The van der Waals surface area contributed by atoms with Crippen molar-refractivity contribution >= 4 is 5.69 Å². The lowest BCUT2D eigenvalue weighted by molar-refractivity contribution is -0.153. The minimum atomic E-state index is -4.47. The standard InChI is InChI=1S/C20H17F3N4O2/c1-28-17-5-2-13(3-6-17)19-15(11-26-27-19)10-25-16-4-7-18(14(8-16)9-24)29-12-20(21,22)23/h2-8,11,25H,10,12H2,1H3,(H,26,27). The molecule has 0 saturated heterocycles. The Balaban J connectivity index is 1.70. The lowest BCUT2D eigenvalue weighted by Gasteiger charge is -2.12. The zero-order chi connectivity index (χ0) is 20.9. The molecular weight excluding hydrogens is 385 g/mol. The van der Waals surface area contributed by atoms with Crippen LogP contribution in [0.25, 0.3) is 11.3 Å². The Kier molecular flexibility index (Phi) is 5.93. The highest BCUT2D eigenvalue weighted by Crippen LogP contribution is 2.27. The van der Waals surface area contributed by atoms with Crippen LogP contribution in [0.1, 0.15) is 11.1 Å². The number of aromatic amines is 1. The molecule has 0 saturated carbocycles. The van der Waals surface area contributed by atoms with Gasteiger partial charge >= 0.3 is 6.18 Å². The van der Waals surface area contributed by atoms with Gasteiger partial charge in [0.1, 0.15) is 17.6 Å². The summed E-state index contributed by atoms with van der Waals surface area (Å²) in [6, 6.07) is 13.7. The van der Waals surface area contributed by atoms with E-state index < -0.39 is 12.8 Å². The Morgan fingerprint density at radius 1 is 1.17 bits per heavy atom. The SMILES string of the molecule is COc1ccc(-c2[nH]ncc2CNc2ccc(OCC(F)(F)F)c(C#N)c2)cc1. The maximum atomic E-state index is 12.3. The number of halogens is 3. The van der Waals surface area contributed by atoms with E-state index in [0.29, 0.717) is 12.2 Å². The minimum Gasteiger partial charge on any atom is -0.497 e. The fourth-order valence-corrected chi connectivity index (χ4v) is 2.66. The van der Waals surface area contributed by atoms with E-state index in [-0.39, 0.29) is 11.3 Å². The molecule has 6 nitrogen and oxygen atoms in total. The van der Waals surface area contributed by atoms with Gasteiger partial charge in [-0.1, -0.05) is 0 Å². The zero-order valence-electron chi connectivity index (χ0n) is 15.4. The maximum absolute atomic E-state index is 12.3. The molecule has 0 amide bonds. The number of methoxy groups -OCH3 is 1. The number of rotatable bonds is 7. The molecule has 2 aromatic carbocycles. The number of nitrogens with zero attached hydrogens (tertiary/aromatic N) is 2. The van der Waals surface area contributed by atoms with Crippen molar-refractivity contribution in [1.29, 1.82) is 5.26 Å². The number of nitrogens with one attached hydrogen (secondary N) is 2. The van der Waals surface area contributed by atoms with E-state index in [0.717, 1.165) is 22.6 Å². The van der Waals surface area contributed by atoms with Crippen molar-refractivity contribution in [3.05, 3.63) is 59.8 Å². The number of benzene rings is 2. The fraction of sp³-hybridized carbons (Fsp3) is 0.200. The molecule has 29 heavy (non-hydrogen) atoms. The van der Waals surface area contributed by atoms with Crippen molar-refractivity contribution in [2.45, 2.75) is 12.7 Å². The number of H-pyrrole nitrogens is 1. The van der Waals surface area contributed by atoms with Crippen molar-refractivity contribution in [1.82, 2.24) is 10.2 Å². The minimum absolute atomic E-state index is 0.0156. The summed E-state index contributed by atoms with van der Waals surface area (Å²) < 4.78 is 46.8. The second-order valence-electron chi connectivity index (χ2n) is 6.08. The lowest BCUT2D eigenvalue weighted by atomic mass is 10.1. The van der Waals surface area contributed by atoms with Crippen molar-refractivity contribution < 1.29 is 22.6 Å². The average Bonchev–Trinajstić information content (AvgIpc) is 3.19. The molecule has 150 valence electrons. The number of alkyl halides is 3. The molecule has 0 fully saturated rings. The number of ether oxygens (including phenoxy) is 2. The summed E-state index contributed by atoms with van der Waals surface area (Å²) in [5.74, 6) is 0.627. The molecular formula is C20H17F3N4O2. The van der Waals surface area contributed by atoms with Gasteiger partial charge in [0.15, 0.2) is 6.61 Å².